The van der Waals surface area contributed by atoms with Crippen molar-refractivity contribution in [2.45, 2.75) is 17.7 Å². The molecule has 0 amide bonds. The summed E-state index contributed by atoms with van der Waals surface area (Å²) in [4.78, 5) is 13.8. The Hall–Kier alpha value is -2.70. The molecule has 2 aromatic heterocycles. The Bertz CT molecular complexity index is 1230. The van der Waals surface area contributed by atoms with E-state index in [2.05, 4.69) is 5.10 Å². The van der Waals surface area contributed by atoms with Gasteiger partial charge in [-0.3, -0.25) is 9.30 Å². The molecule has 0 unspecified atom stereocenters. The summed E-state index contributed by atoms with van der Waals surface area (Å²) >= 11 is 0. The van der Waals surface area contributed by atoms with E-state index in [4.69, 9.17) is 0 Å². The lowest BCUT2D eigenvalue weighted by molar-refractivity contribution is -0.137. The predicted molar refractivity (Wildman–Crippen MR) is 101 cm³/mol. The molecule has 3 heterocycles. The highest BCUT2D eigenvalue weighted by Crippen LogP contribution is 2.31. The molecule has 1 fully saturated rings. The lowest BCUT2D eigenvalue weighted by Crippen LogP contribution is -2.49. The Morgan fingerprint density at radius 2 is 1.73 bits per heavy atom. The Kier molecular flexibility index (Phi) is 5.16. The van der Waals surface area contributed by atoms with Crippen molar-refractivity contribution in [1.82, 2.24) is 23.4 Å². The SMILES string of the molecule is O=c1n(CN2CCN(S(=O)(=O)c3cccc(C(F)(F)F)c3)CC2)nc2ccccn12. The molecule has 0 radical (unpaired) electrons. The Balaban J connectivity index is 1.46. The van der Waals surface area contributed by atoms with Crippen LogP contribution in [0.1, 0.15) is 5.56 Å². The van der Waals surface area contributed by atoms with Crippen LogP contribution in [0, 0.1) is 0 Å². The van der Waals surface area contributed by atoms with E-state index in [0.29, 0.717) is 24.8 Å². The van der Waals surface area contributed by atoms with Gasteiger partial charge in [-0.25, -0.2) is 13.2 Å². The maximum Gasteiger partial charge on any atom is 0.416 e. The fourth-order valence-corrected chi connectivity index (χ4v) is 4.81. The van der Waals surface area contributed by atoms with Gasteiger partial charge in [0.1, 0.15) is 0 Å². The second kappa shape index (κ2) is 7.52. The quantitative estimate of drug-likeness (QED) is 0.613. The van der Waals surface area contributed by atoms with Crippen LogP contribution in [0.5, 0.6) is 0 Å². The minimum Gasteiger partial charge on any atom is -0.282 e. The molecule has 1 saturated heterocycles. The van der Waals surface area contributed by atoms with Crippen LogP contribution in [0.3, 0.4) is 0 Å². The zero-order chi connectivity index (χ0) is 21.5. The number of hydrogen-bond donors (Lipinski definition) is 0. The second-order valence-electron chi connectivity index (χ2n) is 6.90. The number of hydrogen-bond acceptors (Lipinski definition) is 5. The van der Waals surface area contributed by atoms with Crippen LogP contribution >= 0.6 is 0 Å². The number of benzene rings is 1. The highest BCUT2D eigenvalue weighted by atomic mass is 32.2. The van der Waals surface area contributed by atoms with Gasteiger partial charge in [-0.1, -0.05) is 12.1 Å². The van der Waals surface area contributed by atoms with Crippen LogP contribution in [-0.2, 0) is 22.9 Å². The molecule has 3 aromatic rings. The molecule has 30 heavy (non-hydrogen) atoms. The van der Waals surface area contributed by atoms with E-state index in [9.17, 15) is 26.4 Å². The van der Waals surface area contributed by atoms with Gasteiger partial charge in [-0.2, -0.15) is 22.2 Å². The minimum absolute atomic E-state index is 0.0979. The van der Waals surface area contributed by atoms with E-state index in [0.717, 1.165) is 22.5 Å². The Morgan fingerprint density at radius 3 is 2.40 bits per heavy atom. The average Bonchev–Trinajstić information content (AvgIpc) is 3.03. The first kappa shape index (κ1) is 20.6. The van der Waals surface area contributed by atoms with Gasteiger partial charge in [0.05, 0.1) is 17.1 Å². The number of halogens is 3. The van der Waals surface area contributed by atoms with Crippen LogP contribution in [-0.4, -0.2) is 58.0 Å². The molecule has 0 aliphatic carbocycles. The summed E-state index contributed by atoms with van der Waals surface area (Å²) in [7, 11) is -4.05. The number of sulfonamides is 1. The standard InChI is InChI=1S/C18H18F3N5O3S/c19-18(20,21)14-4-3-5-15(12-14)30(28,29)24-10-8-23(9-11-24)13-26-17(27)25-7-2-1-6-16(25)22-26/h1-7,12H,8-11,13H2. The zero-order valence-electron chi connectivity index (χ0n) is 15.7. The van der Waals surface area contributed by atoms with Crippen molar-refractivity contribution < 1.29 is 21.6 Å². The van der Waals surface area contributed by atoms with Crippen molar-refractivity contribution >= 4 is 15.7 Å². The molecular weight excluding hydrogens is 423 g/mol. The number of piperazine rings is 1. The lowest BCUT2D eigenvalue weighted by Gasteiger charge is -2.33. The summed E-state index contributed by atoms with van der Waals surface area (Å²) in [6.45, 7) is 1.02. The van der Waals surface area contributed by atoms with E-state index in [1.54, 1.807) is 24.4 Å². The Labute approximate surface area is 169 Å². The van der Waals surface area contributed by atoms with Gasteiger partial charge in [0.25, 0.3) is 0 Å². The fraction of sp³-hybridized carbons (Fsp3) is 0.333. The second-order valence-corrected chi connectivity index (χ2v) is 8.84. The van der Waals surface area contributed by atoms with E-state index >= 15 is 0 Å². The largest absolute Gasteiger partial charge is 0.416 e. The van der Waals surface area contributed by atoms with Gasteiger partial charge < -0.3 is 0 Å². The molecule has 0 atom stereocenters. The monoisotopic (exact) mass is 441 g/mol. The molecule has 1 aliphatic rings. The summed E-state index contributed by atoms with van der Waals surface area (Å²) in [5, 5.41) is 4.24. The van der Waals surface area contributed by atoms with Crippen LogP contribution in [0.15, 0.2) is 58.4 Å². The average molecular weight is 441 g/mol. The number of rotatable bonds is 4. The topological polar surface area (TPSA) is 79.9 Å². The number of alkyl halides is 3. The molecule has 8 nitrogen and oxygen atoms in total. The van der Waals surface area contributed by atoms with Crippen molar-refractivity contribution in [2.24, 2.45) is 0 Å². The van der Waals surface area contributed by atoms with E-state index in [1.165, 1.54) is 9.08 Å². The molecule has 0 spiro atoms. The first-order valence-electron chi connectivity index (χ1n) is 9.10. The molecule has 0 saturated carbocycles. The highest BCUT2D eigenvalue weighted by molar-refractivity contribution is 7.89. The fourth-order valence-electron chi connectivity index (χ4n) is 3.34. The first-order valence-corrected chi connectivity index (χ1v) is 10.5. The normalized spacial score (nSPS) is 16.9. The van der Waals surface area contributed by atoms with Crippen molar-refractivity contribution in [3.05, 3.63) is 64.7 Å². The number of nitrogens with zero attached hydrogens (tertiary/aromatic N) is 5. The third kappa shape index (κ3) is 3.85. The third-order valence-corrected chi connectivity index (χ3v) is 6.85. The molecule has 160 valence electrons. The lowest BCUT2D eigenvalue weighted by atomic mass is 10.2. The van der Waals surface area contributed by atoms with Crippen molar-refractivity contribution in [2.75, 3.05) is 26.2 Å². The number of aromatic nitrogens is 3. The summed E-state index contributed by atoms with van der Waals surface area (Å²) in [5.41, 5.74) is -0.800. The first-order chi connectivity index (χ1) is 14.2. The maximum atomic E-state index is 12.9. The summed E-state index contributed by atoms with van der Waals surface area (Å²) in [6.07, 6.45) is -3.01. The van der Waals surface area contributed by atoms with Gasteiger partial charge in [-0.05, 0) is 30.3 Å². The van der Waals surface area contributed by atoms with Gasteiger partial charge in [-0.15, -0.1) is 5.10 Å². The van der Waals surface area contributed by atoms with Crippen molar-refractivity contribution in [3.63, 3.8) is 0 Å². The van der Waals surface area contributed by atoms with Crippen LogP contribution in [0.2, 0.25) is 0 Å². The number of fused-ring (bicyclic) bond motifs is 1. The van der Waals surface area contributed by atoms with Crippen LogP contribution < -0.4 is 5.69 Å². The smallest absolute Gasteiger partial charge is 0.282 e. The van der Waals surface area contributed by atoms with Gasteiger partial charge in [0.2, 0.25) is 10.0 Å². The molecule has 0 bridgehead atoms. The Morgan fingerprint density at radius 1 is 1.00 bits per heavy atom. The predicted octanol–water partition coefficient (Wildman–Crippen LogP) is 1.48. The van der Waals surface area contributed by atoms with Gasteiger partial charge >= 0.3 is 11.9 Å². The summed E-state index contributed by atoms with van der Waals surface area (Å²) in [5.74, 6) is 0. The zero-order valence-corrected chi connectivity index (χ0v) is 16.5. The van der Waals surface area contributed by atoms with E-state index in [-0.39, 0.29) is 30.3 Å². The molecule has 12 heteroatoms. The van der Waals surface area contributed by atoms with E-state index in [1.807, 2.05) is 4.90 Å². The number of pyridine rings is 1. The minimum atomic E-state index is -4.62. The van der Waals surface area contributed by atoms with Gasteiger partial charge in [0, 0.05) is 32.4 Å². The molecule has 0 N–H and O–H groups in total. The maximum absolute atomic E-state index is 12.9. The highest BCUT2D eigenvalue weighted by Gasteiger charge is 2.34. The van der Waals surface area contributed by atoms with Crippen LogP contribution in [0.4, 0.5) is 13.2 Å². The summed E-state index contributed by atoms with van der Waals surface area (Å²) < 4.78 is 68.2. The molecule has 4 rings (SSSR count). The molecule has 1 aliphatic heterocycles. The van der Waals surface area contributed by atoms with E-state index < -0.39 is 21.8 Å². The van der Waals surface area contributed by atoms with Crippen molar-refractivity contribution in [3.8, 4) is 0 Å². The van der Waals surface area contributed by atoms with Crippen molar-refractivity contribution in [1.29, 1.82) is 0 Å². The van der Waals surface area contributed by atoms with Crippen LogP contribution in [0.25, 0.3) is 5.65 Å². The van der Waals surface area contributed by atoms with Gasteiger partial charge in [0.15, 0.2) is 5.65 Å². The third-order valence-electron chi connectivity index (χ3n) is 4.95. The summed E-state index contributed by atoms with van der Waals surface area (Å²) in [6, 6.07) is 8.93. The molecule has 1 aromatic carbocycles. The molecular formula is C18H18F3N5O3S.